The number of hydrogen-bond donors (Lipinski definition) is 4. The Morgan fingerprint density at radius 3 is 2.39 bits per heavy atom. The standard InChI is InChI=1S/C40H49N9O5/c1-25(2)31-16-32(35(51)17-34(31)50)38(52)49-21-27-4-3-26(15-28(27)22-49)20-46-9-6-40(53,7-10-46)24-47-8-5-30-33(23-47)44-36(29-18-42-39(41)43-19-29)45-37(30)48-11-13-54-14-12-48/h3-4,15-19,25,50-51,53H,5-14,20-24H2,1-2H3,(H2,41,42,43). The molecule has 5 N–H and O–H groups in total. The van der Waals surface area contributed by atoms with Crippen molar-refractivity contribution in [3.05, 3.63) is 81.8 Å². The topological polar surface area (TPSA) is 178 Å². The van der Waals surface area contributed by atoms with Gasteiger partial charge in [0.05, 0.1) is 35.6 Å². The van der Waals surface area contributed by atoms with Gasteiger partial charge in [-0.2, -0.15) is 0 Å². The molecular weight excluding hydrogens is 686 g/mol. The first kappa shape index (κ1) is 36.1. The van der Waals surface area contributed by atoms with Crippen molar-refractivity contribution in [3.63, 3.8) is 0 Å². The third-order valence-electron chi connectivity index (χ3n) is 11.4. The van der Waals surface area contributed by atoms with E-state index < -0.39 is 5.60 Å². The predicted molar refractivity (Wildman–Crippen MR) is 203 cm³/mol. The molecule has 54 heavy (non-hydrogen) atoms. The van der Waals surface area contributed by atoms with Crippen molar-refractivity contribution in [2.75, 3.05) is 63.1 Å². The number of phenolic OH excluding ortho intramolecular Hbond substituents is 2. The minimum absolute atomic E-state index is 0.00386. The summed E-state index contributed by atoms with van der Waals surface area (Å²) in [5, 5.41) is 32.6. The molecule has 2 aromatic carbocycles. The number of morpholine rings is 1. The number of rotatable bonds is 8. The summed E-state index contributed by atoms with van der Waals surface area (Å²) in [6, 6.07) is 9.29. The molecule has 8 rings (SSSR count). The van der Waals surface area contributed by atoms with E-state index in [4.69, 9.17) is 20.4 Å². The maximum atomic E-state index is 13.5. The molecule has 0 atom stereocenters. The molecule has 14 nitrogen and oxygen atoms in total. The van der Waals surface area contributed by atoms with Crippen LogP contribution in [0.3, 0.4) is 0 Å². The largest absolute Gasteiger partial charge is 0.508 e. The molecule has 4 aliphatic heterocycles. The summed E-state index contributed by atoms with van der Waals surface area (Å²) in [6.07, 6.45) is 5.48. The Bertz CT molecular complexity index is 2030. The quantitative estimate of drug-likeness (QED) is 0.207. The van der Waals surface area contributed by atoms with E-state index in [1.165, 1.54) is 11.6 Å². The Kier molecular flexibility index (Phi) is 9.86. The number of nitrogens with two attached hydrogens (primary N) is 1. The lowest BCUT2D eigenvalue weighted by Gasteiger charge is -2.42. The number of hydrogen-bond acceptors (Lipinski definition) is 13. The van der Waals surface area contributed by atoms with Crippen molar-refractivity contribution in [2.45, 2.75) is 70.8 Å². The monoisotopic (exact) mass is 735 g/mol. The Hall–Kier alpha value is -4.89. The number of nitrogen functional groups attached to an aromatic ring is 1. The number of carbonyl (C=O) groups is 1. The van der Waals surface area contributed by atoms with Crippen molar-refractivity contribution >= 4 is 17.7 Å². The summed E-state index contributed by atoms with van der Waals surface area (Å²) in [4.78, 5) is 40.6. The molecule has 6 heterocycles. The molecule has 0 unspecified atom stereocenters. The number of ether oxygens (including phenoxy) is 1. The maximum Gasteiger partial charge on any atom is 0.258 e. The van der Waals surface area contributed by atoms with Gasteiger partial charge in [-0.15, -0.1) is 0 Å². The lowest BCUT2D eigenvalue weighted by Crippen LogP contribution is -2.51. The fourth-order valence-corrected chi connectivity index (χ4v) is 8.27. The zero-order valence-corrected chi connectivity index (χ0v) is 31.0. The molecule has 2 aromatic heterocycles. The van der Waals surface area contributed by atoms with E-state index in [1.54, 1.807) is 23.4 Å². The van der Waals surface area contributed by atoms with Crippen LogP contribution in [0.5, 0.6) is 11.5 Å². The first-order valence-corrected chi connectivity index (χ1v) is 19.0. The van der Waals surface area contributed by atoms with Crippen molar-refractivity contribution in [2.24, 2.45) is 0 Å². The van der Waals surface area contributed by atoms with Crippen LogP contribution in [0.2, 0.25) is 0 Å². The van der Waals surface area contributed by atoms with Crippen molar-refractivity contribution in [1.82, 2.24) is 34.6 Å². The minimum Gasteiger partial charge on any atom is -0.508 e. The van der Waals surface area contributed by atoms with Crippen LogP contribution >= 0.6 is 0 Å². The Balaban J connectivity index is 0.890. The van der Waals surface area contributed by atoms with Gasteiger partial charge in [0.2, 0.25) is 5.95 Å². The number of piperidine rings is 1. The van der Waals surface area contributed by atoms with E-state index in [0.717, 1.165) is 73.9 Å². The van der Waals surface area contributed by atoms with Crippen LogP contribution in [0.1, 0.15) is 76.5 Å². The predicted octanol–water partition coefficient (Wildman–Crippen LogP) is 3.43. The zero-order chi connectivity index (χ0) is 37.6. The van der Waals surface area contributed by atoms with E-state index in [2.05, 4.69) is 42.9 Å². The highest BCUT2D eigenvalue weighted by atomic mass is 16.5. The van der Waals surface area contributed by atoms with Crippen LogP contribution in [0.15, 0.2) is 42.7 Å². The fourth-order valence-electron chi connectivity index (χ4n) is 8.27. The van der Waals surface area contributed by atoms with E-state index >= 15 is 0 Å². The number of carbonyl (C=O) groups excluding carboxylic acids is 1. The van der Waals surface area contributed by atoms with Crippen LogP contribution in [-0.2, 0) is 37.3 Å². The first-order chi connectivity index (χ1) is 26.0. The van der Waals surface area contributed by atoms with Gasteiger partial charge in [-0.1, -0.05) is 32.0 Å². The second kappa shape index (κ2) is 14.7. The molecule has 1 amide bonds. The number of anilines is 2. The van der Waals surface area contributed by atoms with E-state index in [-0.39, 0.29) is 34.8 Å². The lowest BCUT2D eigenvalue weighted by molar-refractivity contribution is -0.0494. The summed E-state index contributed by atoms with van der Waals surface area (Å²) in [5.74, 6) is 1.28. The second-order valence-electron chi connectivity index (χ2n) is 15.5. The summed E-state index contributed by atoms with van der Waals surface area (Å²) < 4.78 is 5.62. The molecular formula is C40H49N9O5. The Labute approximate surface area is 315 Å². The molecule has 14 heteroatoms. The van der Waals surface area contributed by atoms with Gasteiger partial charge in [0.25, 0.3) is 5.91 Å². The SMILES string of the molecule is CC(C)c1cc(C(=O)N2Cc3ccc(CN4CCC(O)(CN5CCc6c(nc(-c7cnc(N)nc7)nc6N6CCOCC6)C5)CC4)cc3C2)c(O)cc1O. The third-order valence-corrected chi connectivity index (χ3v) is 11.4. The van der Waals surface area contributed by atoms with Gasteiger partial charge >= 0.3 is 0 Å². The molecule has 0 spiro atoms. The number of aromatic nitrogens is 4. The number of aromatic hydroxyl groups is 2. The number of phenols is 2. The summed E-state index contributed by atoms with van der Waals surface area (Å²) >= 11 is 0. The van der Waals surface area contributed by atoms with Crippen LogP contribution in [0.4, 0.5) is 11.8 Å². The number of fused-ring (bicyclic) bond motifs is 2. The molecule has 4 aromatic rings. The summed E-state index contributed by atoms with van der Waals surface area (Å²) in [6.45, 7) is 12.1. The fraction of sp³-hybridized carbons (Fsp3) is 0.475. The van der Waals surface area contributed by atoms with Gasteiger partial charge in [0.15, 0.2) is 5.82 Å². The van der Waals surface area contributed by atoms with Gasteiger partial charge in [-0.05, 0) is 53.5 Å². The highest BCUT2D eigenvalue weighted by Gasteiger charge is 2.36. The highest BCUT2D eigenvalue weighted by molar-refractivity contribution is 5.97. The van der Waals surface area contributed by atoms with E-state index in [9.17, 15) is 20.1 Å². The normalized spacial score (nSPS) is 18.9. The van der Waals surface area contributed by atoms with Gasteiger partial charge < -0.3 is 35.6 Å². The van der Waals surface area contributed by atoms with Crippen molar-refractivity contribution < 1.29 is 24.9 Å². The molecule has 284 valence electrons. The number of amides is 1. The van der Waals surface area contributed by atoms with E-state index in [0.29, 0.717) is 69.2 Å². The minimum atomic E-state index is -0.796. The van der Waals surface area contributed by atoms with Gasteiger partial charge in [0.1, 0.15) is 17.3 Å². The van der Waals surface area contributed by atoms with Crippen LogP contribution in [0, 0.1) is 0 Å². The first-order valence-electron chi connectivity index (χ1n) is 19.0. The number of β-amino-alcohol motifs (C(OH)–C–C–N with tert-alkyl or cyclic N) is 1. The summed E-state index contributed by atoms with van der Waals surface area (Å²) in [7, 11) is 0. The Morgan fingerprint density at radius 1 is 0.907 bits per heavy atom. The van der Waals surface area contributed by atoms with Crippen LogP contribution < -0.4 is 10.6 Å². The molecule has 0 aliphatic carbocycles. The van der Waals surface area contributed by atoms with Gasteiger partial charge in [-0.3, -0.25) is 14.6 Å². The Morgan fingerprint density at radius 2 is 1.65 bits per heavy atom. The van der Waals surface area contributed by atoms with Crippen LogP contribution in [-0.4, -0.2) is 114 Å². The molecule has 2 saturated heterocycles. The highest BCUT2D eigenvalue weighted by Crippen LogP contribution is 2.36. The second-order valence-corrected chi connectivity index (χ2v) is 15.5. The molecule has 0 bridgehead atoms. The molecule has 0 radical (unpaired) electrons. The average molecular weight is 736 g/mol. The van der Waals surface area contributed by atoms with Gasteiger partial charge in [-0.25, -0.2) is 19.9 Å². The smallest absolute Gasteiger partial charge is 0.258 e. The van der Waals surface area contributed by atoms with Crippen LogP contribution in [0.25, 0.3) is 11.4 Å². The van der Waals surface area contributed by atoms with Crippen molar-refractivity contribution in [1.29, 1.82) is 0 Å². The number of likely N-dealkylation sites (tertiary alicyclic amines) is 1. The van der Waals surface area contributed by atoms with Gasteiger partial charge in [0, 0.05) is 89.5 Å². The average Bonchev–Trinajstić information content (AvgIpc) is 3.59. The molecule has 0 saturated carbocycles. The zero-order valence-electron chi connectivity index (χ0n) is 31.0. The number of benzene rings is 2. The lowest BCUT2D eigenvalue weighted by atomic mass is 9.89. The van der Waals surface area contributed by atoms with E-state index in [1.807, 2.05) is 13.8 Å². The number of aliphatic hydroxyl groups is 1. The number of nitrogens with zero attached hydrogens (tertiary/aromatic N) is 8. The summed E-state index contributed by atoms with van der Waals surface area (Å²) in [5.41, 5.74) is 12.0. The molecule has 4 aliphatic rings. The maximum absolute atomic E-state index is 13.5. The van der Waals surface area contributed by atoms with Crippen molar-refractivity contribution in [3.8, 4) is 22.9 Å². The molecule has 2 fully saturated rings. The third kappa shape index (κ3) is 7.43.